The molecule has 0 spiro atoms. The summed E-state index contributed by atoms with van der Waals surface area (Å²) in [6.45, 7) is 9.38. The highest BCUT2D eigenvalue weighted by Crippen LogP contribution is 2.36. The normalized spacial score (nSPS) is 18.4. The Labute approximate surface area is 123 Å². The maximum Gasteiger partial charge on any atom is 0.123 e. The Morgan fingerprint density at radius 2 is 2.00 bits per heavy atom. The molecule has 112 valence electrons. The first-order valence-electron chi connectivity index (χ1n) is 7.86. The quantitative estimate of drug-likeness (QED) is 0.832. The van der Waals surface area contributed by atoms with E-state index in [1.807, 2.05) is 24.3 Å². The summed E-state index contributed by atoms with van der Waals surface area (Å²) in [4.78, 5) is 2.54. The predicted molar refractivity (Wildman–Crippen MR) is 83.9 cm³/mol. The Morgan fingerprint density at radius 3 is 2.65 bits per heavy atom. The van der Waals surface area contributed by atoms with E-state index in [1.54, 1.807) is 0 Å². The molecule has 1 aliphatic heterocycles. The first kappa shape index (κ1) is 15.3. The van der Waals surface area contributed by atoms with Crippen LogP contribution in [0.4, 0.5) is 0 Å². The van der Waals surface area contributed by atoms with Crippen molar-refractivity contribution in [1.82, 2.24) is 4.90 Å². The molecule has 0 bridgehead atoms. The van der Waals surface area contributed by atoms with Gasteiger partial charge in [-0.15, -0.1) is 0 Å². The summed E-state index contributed by atoms with van der Waals surface area (Å²) in [7, 11) is 0. The van der Waals surface area contributed by atoms with Gasteiger partial charge in [-0.25, -0.2) is 0 Å². The molecular formula is C17H28N2O. The van der Waals surface area contributed by atoms with E-state index in [0.717, 1.165) is 24.5 Å². The van der Waals surface area contributed by atoms with Crippen LogP contribution >= 0.6 is 0 Å². The number of para-hydroxylation sites is 1. The third-order valence-electron chi connectivity index (χ3n) is 4.87. The van der Waals surface area contributed by atoms with Gasteiger partial charge in [-0.05, 0) is 37.3 Å². The van der Waals surface area contributed by atoms with Crippen LogP contribution in [0.2, 0.25) is 0 Å². The van der Waals surface area contributed by atoms with Gasteiger partial charge in [0.1, 0.15) is 12.4 Å². The van der Waals surface area contributed by atoms with Crippen molar-refractivity contribution in [1.29, 1.82) is 0 Å². The van der Waals surface area contributed by atoms with Crippen LogP contribution in [-0.4, -0.2) is 31.1 Å². The van der Waals surface area contributed by atoms with E-state index in [-0.39, 0.29) is 0 Å². The predicted octanol–water partition coefficient (Wildman–Crippen LogP) is 3.04. The third-order valence-corrected chi connectivity index (χ3v) is 4.87. The summed E-state index contributed by atoms with van der Waals surface area (Å²) in [5.74, 6) is 0.937. The molecule has 1 saturated heterocycles. The molecule has 3 nitrogen and oxygen atoms in total. The van der Waals surface area contributed by atoms with Crippen molar-refractivity contribution in [3.63, 3.8) is 0 Å². The van der Waals surface area contributed by atoms with Gasteiger partial charge in [0, 0.05) is 25.2 Å². The molecule has 0 amide bonds. The first-order chi connectivity index (χ1) is 9.73. The fraction of sp³-hybridized carbons (Fsp3) is 0.647. The van der Waals surface area contributed by atoms with Crippen molar-refractivity contribution in [2.75, 3.05) is 26.2 Å². The molecular weight excluding hydrogens is 248 g/mol. The smallest absolute Gasteiger partial charge is 0.123 e. The number of benzene rings is 1. The number of ether oxygens (including phenoxy) is 1. The second-order valence-corrected chi connectivity index (χ2v) is 5.89. The summed E-state index contributed by atoms with van der Waals surface area (Å²) in [5, 5.41) is 0. The number of nitrogens with two attached hydrogens (primary N) is 1. The highest BCUT2D eigenvalue weighted by atomic mass is 16.5. The highest BCUT2D eigenvalue weighted by Gasteiger charge is 2.34. The Hall–Kier alpha value is -1.06. The molecule has 0 unspecified atom stereocenters. The molecule has 1 aromatic rings. The maximum atomic E-state index is 5.90. The van der Waals surface area contributed by atoms with Crippen molar-refractivity contribution < 1.29 is 4.74 Å². The Balaban J connectivity index is 1.80. The minimum absolute atomic E-state index is 0.536. The van der Waals surface area contributed by atoms with Gasteiger partial charge in [0.05, 0.1) is 0 Å². The summed E-state index contributed by atoms with van der Waals surface area (Å²) in [5.41, 5.74) is 7.36. The van der Waals surface area contributed by atoms with E-state index in [2.05, 4.69) is 18.7 Å². The minimum Gasteiger partial charge on any atom is -0.492 e. The van der Waals surface area contributed by atoms with E-state index in [4.69, 9.17) is 10.5 Å². The molecule has 1 aliphatic rings. The molecule has 0 saturated carbocycles. The van der Waals surface area contributed by atoms with Gasteiger partial charge in [0.15, 0.2) is 0 Å². The standard InChI is InChI=1S/C17H28N2O/c1-3-17(4-2)9-10-19(14-17)11-12-20-16-8-6-5-7-15(16)13-18/h5-8H,3-4,9-14,18H2,1-2H3. The Morgan fingerprint density at radius 1 is 1.25 bits per heavy atom. The zero-order valence-electron chi connectivity index (χ0n) is 12.9. The first-order valence-corrected chi connectivity index (χ1v) is 7.86. The molecule has 20 heavy (non-hydrogen) atoms. The number of hydrogen-bond donors (Lipinski definition) is 1. The van der Waals surface area contributed by atoms with Crippen molar-refractivity contribution in [2.24, 2.45) is 11.1 Å². The van der Waals surface area contributed by atoms with Gasteiger partial charge in [0.2, 0.25) is 0 Å². The van der Waals surface area contributed by atoms with E-state index in [9.17, 15) is 0 Å². The molecule has 1 fully saturated rings. The van der Waals surface area contributed by atoms with E-state index < -0.39 is 0 Å². The van der Waals surface area contributed by atoms with Gasteiger partial charge in [-0.2, -0.15) is 0 Å². The van der Waals surface area contributed by atoms with Crippen LogP contribution in [0.25, 0.3) is 0 Å². The lowest BCUT2D eigenvalue weighted by atomic mass is 9.82. The average Bonchev–Trinajstić information content (AvgIpc) is 2.92. The molecule has 3 heteroatoms. The lowest BCUT2D eigenvalue weighted by Crippen LogP contribution is -2.29. The van der Waals surface area contributed by atoms with Crippen molar-refractivity contribution in [3.8, 4) is 5.75 Å². The van der Waals surface area contributed by atoms with E-state index >= 15 is 0 Å². The van der Waals surface area contributed by atoms with Crippen LogP contribution in [0.3, 0.4) is 0 Å². The maximum absolute atomic E-state index is 5.90. The highest BCUT2D eigenvalue weighted by molar-refractivity contribution is 5.32. The number of likely N-dealkylation sites (tertiary alicyclic amines) is 1. The van der Waals surface area contributed by atoms with Crippen molar-refractivity contribution in [2.45, 2.75) is 39.7 Å². The molecule has 2 N–H and O–H groups in total. The Kier molecular flexibility index (Phi) is 5.44. The number of rotatable bonds is 7. The van der Waals surface area contributed by atoms with Gasteiger partial charge in [-0.3, -0.25) is 4.90 Å². The van der Waals surface area contributed by atoms with Crippen LogP contribution in [0.1, 0.15) is 38.7 Å². The van der Waals surface area contributed by atoms with E-state index in [0.29, 0.717) is 12.0 Å². The fourth-order valence-electron chi connectivity index (χ4n) is 3.14. The number of nitrogens with zero attached hydrogens (tertiary/aromatic N) is 1. The lowest BCUT2D eigenvalue weighted by Gasteiger charge is -2.26. The average molecular weight is 276 g/mol. The SMILES string of the molecule is CCC1(CC)CCN(CCOc2ccccc2CN)C1. The largest absolute Gasteiger partial charge is 0.492 e. The third kappa shape index (κ3) is 3.53. The molecule has 1 heterocycles. The Bertz CT molecular complexity index is 415. The number of hydrogen-bond acceptors (Lipinski definition) is 3. The summed E-state index contributed by atoms with van der Waals surface area (Å²) < 4.78 is 5.90. The summed E-state index contributed by atoms with van der Waals surface area (Å²) in [6, 6.07) is 8.05. The molecule has 0 aliphatic carbocycles. The molecule has 0 radical (unpaired) electrons. The van der Waals surface area contributed by atoms with Gasteiger partial charge in [0.25, 0.3) is 0 Å². The minimum atomic E-state index is 0.536. The zero-order chi connectivity index (χ0) is 14.4. The summed E-state index contributed by atoms with van der Waals surface area (Å²) >= 11 is 0. The second-order valence-electron chi connectivity index (χ2n) is 5.89. The topological polar surface area (TPSA) is 38.5 Å². The molecule has 0 aromatic heterocycles. The van der Waals surface area contributed by atoms with Crippen LogP contribution in [-0.2, 0) is 6.54 Å². The fourth-order valence-corrected chi connectivity index (χ4v) is 3.14. The lowest BCUT2D eigenvalue weighted by molar-refractivity contribution is 0.203. The molecule has 1 aromatic carbocycles. The summed E-state index contributed by atoms with van der Waals surface area (Å²) in [6.07, 6.45) is 3.91. The van der Waals surface area contributed by atoms with Gasteiger partial charge >= 0.3 is 0 Å². The van der Waals surface area contributed by atoms with Crippen LogP contribution in [0.5, 0.6) is 5.75 Å². The monoisotopic (exact) mass is 276 g/mol. The van der Waals surface area contributed by atoms with Crippen molar-refractivity contribution in [3.05, 3.63) is 29.8 Å². The molecule has 0 atom stereocenters. The van der Waals surface area contributed by atoms with Gasteiger partial charge < -0.3 is 10.5 Å². The van der Waals surface area contributed by atoms with Crippen LogP contribution in [0.15, 0.2) is 24.3 Å². The van der Waals surface area contributed by atoms with Crippen LogP contribution in [0, 0.1) is 5.41 Å². The van der Waals surface area contributed by atoms with Crippen molar-refractivity contribution >= 4 is 0 Å². The molecule has 2 rings (SSSR count). The second kappa shape index (κ2) is 7.09. The zero-order valence-corrected chi connectivity index (χ0v) is 12.9. The van der Waals surface area contributed by atoms with Crippen LogP contribution < -0.4 is 10.5 Å². The van der Waals surface area contributed by atoms with E-state index in [1.165, 1.54) is 32.4 Å². The van der Waals surface area contributed by atoms with Gasteiger partial charge in [-0.1, -0.05) is 32.0 Å².